The van der Waals surface area contributed by atoms with E-state index < -0.39 is 6.09 Å². The SMILES string of the molecule is C.C.C.C.C.C.C.C.C.C.C.C.C=C(C)C(=O)CC(=O)C[SiH2]C.C=C(C)C(=O)CCNC(=O)NC[SiH2]C.C=C(C)C(=O)CCOC(=O)NC[SiH2]C.C=C(C)C(=O)CCOC[SiH2]C.C=C(C)C(=O)C[SiH2]C.C=C(C)C(=O)C[SiH2]C.C=C(C)C(=O)NC[SiH2]C.C=C(Cl)C(=O)CC[SiH2]C.C=CC(=O)CCC(=O)SC[SiH2]C.C=CC(=O)C[SiH2]C.C=CC(=O)C[SiH2]C.C=CC(=O)N(C)C[SiH2]C. The van der Waals surface area contributed by atoms with Gasteiger partial charge in [0.05, 0.1) is 18.1 Å². The number of hydrogen-bond acceptors (Lipinski definition) is 19. The van der Waals surface area contributed by atoms with Crippen molar-refractivity contribution in [1.29, 1.82) is 0 Å². The highest BCUT2D eigenvalue weighted by Crippen LogP contribution is 2.08. The molecule has 4 N–H and O–H groups in total. The molecule has 0 rings (SSSR count). The summed E-state index contributed by atoms with van der Waals surface area (Å²) in [7, 11) is 0.880. The lowest BCUT2D eigenvalue weighted by Crippen LogP contribution is -2.38. The van der Waals surface area contributed by atoms with Gasteiger partial charge < -0.3 is 35.6 Å². The Balaban J connectivity index is -0.0000000432. The van der Waals surface area contributed by atoms with Crippen molar-refractivity contribution < 1.29 is 86.2 Å². The van der Waals surface area contributed by atoms with Gasteiger partial charge in [0.15, 0.2) is 62.9 Å². The number of rotatable bonds is 51. The van der Waals surface area contributed by atoms with E-state index in [0.29, 0.717) is 90.3 Å². The van der Waals surface area contributed by atoms with Crippen molar-refractivity contribution in [3.05, 3.63) is 147 Å². The van der Waals surface area contributed by atoms with Crippen LogP contribution in [0.25, 0.3) is 0 Å². The van der Waals surface area contributed by atoms with Crippen LogP contribution in [0.3, 0.4) is 0 Å². The van der Waals surface area contributed by atoms with Crippen LogP contribution in [0, 0.1) is 0 Å². The molecule has 0 saturated heterocycles. The normalized spacial score (nSPS) is 9.29. The van der Waals surface area contributed by atoms with Crippen molar-refractivity contribution in [2.24, 2.45) is 0 Å². The molecule has 0 aromatic carbocycles. The van der Waals surface area contributed by atoms with Gasteiger partial charge in [-0.3, -0.25) is 67.1 Å². The zero-order chi connectivity index (χ0) is 95.3. The lowest BCUT2D eigenvalue weighted by atomic mass is 10.1. The molecule has 0 aromatic heterocycles. The van der Waals surface area contributed by atoms with Gasteiger partial charge in [0.1, 0.15) is 12.4 Å². The summed E-state index contributed by atoms with van der Waals surface area (Å²) >= 11 is 6.70. The molecule has 5 amide bonds. The van der Waals surface area contributed by atoms with E-state index in [1.165, 1.54) is 36.1 Å². The van der Waals surface area contributed by atoms with Crippen LogP contribution in [0.1, 0.15) is 183 Å². The number of nitrogens with zero attached hydrogens (tertiary/aromatic N) is 1. The first kappa shape index (κ1) is 188. The van der Waals surface area contributed by atoms with E-state index in [0.717, 1.165) is 66.5 Å². The van der Waals surface area contributed by atoms with Gasteiger partial charge in [-0.1, -0.05) is 276 Å². The number of carbonyl (C=O) groups excluding carboxylic acids is 16. The fourth-order valence-electron chi connectivity index (χ4n) is 6.51. The number of urea groups is 1. The molecule has 0 unspecified atom stereocenters. The number of halogens is 1. The number of amides is 5. The fraction of sp³-hybridized carbons (Fsp3) is 0.574. The summed E-state index contributed by atoms with van der Waals surface area (Å²) in [6.07, 6.45) is 11.6. The quantitative estimate of drug-likeness (QED) is 0.0190. The van der Waals surface area contributed by atoms with Crippen LogP contribution in [-0.4, -0.2) is 275 Å². The second-order valence-corrected chi connectivity index (χ2v) is 46.9. The van der Waals surface area contributed by atoms with E-state index in [4.69, 9.17) is 21.1 Å². The number of likely N-dealkylation sites (N-methyl/N-ethyl adjacent to an activating group) is 1. The van der Waals surface area contributed by atoms with Gasteiger partial charge in [-0.25, -0.2) is 9.59 Å². The minimum Gasteiger partial charge on any atom is -0.449 e. The van der Waals surface area contributed by atoms with Crippen molar-refractivity contribution in [2.75, 3.05) is 63.1 Å². The van der Waals surface area contributed by atoms with E-state index in [-0.39, 0.29) is 314 Å². The number of allylic oxidation sites excluding steroid dienone is 10. The van der Waals surface area contributed by atoms with Crippen LogP contribution in [0.2, 0.25) is 115 Å². The van der Waals surface area contributed by atoms with Gasteiger partial charge >= 0.3 is 12.1 Å². The zero-order valence-corrected chi connectivity index (χ0v) is 96.0. The molecule has 0 aromatic rings. The Morgan fingerprint density at radius 3 is 1.02 bits per heavy atom. The molecule has 131 heavy (non-hydrogen) atoms. The molecule has 0 aliphatic rings. The molecular formula is C94H208ClN5O18SSi12. The van der Waals surface area contributed by atoms with Crippen LogP contribution >= 0.6 is 23.4 Å². The van der Waals surface area contributed by atoms with Crippen molar-refractivity contribution in [3.63, 3.8) is 0 Å². The van der Waals surface area contributed by atoms with Gasteiger partial charge in [0, 0.05) is 203 Å². The highest BCUT2D eigenvalue weighted by atomic mass is 35.5. The molecule has 778 valence electrons. The molecule has 37 heteroatoms. The summed E-state index contributed by atoms with van der Waals surface area (Å²) in [5, 5.41) is 12.0. The van der Waals surface area contributed by atoms with Gasteiger partial charge in [-0.05, 0) is 142 Å². The number of nitrogens with one attached hydrogen (secondary N) is 4. The fourth-order valence-corrected chi connectivity index (χ4v) is 15.9. The third kappa shape index (κ3) is 174. The second-order valence-electron chi connectivity index (χ2n) is 26.5. The van der Waals surface area contributed by atoms with Crippen molar-refractivity contribution in [3.8, 4) is 0 Å². The molecule has 0 heterocycles. The first-order valence-corrected chi connectivity index (χ1v) is 71.5. The monoisotopic (exact) mass is 2100 g/mol. The van der Waals surface area contributed by atoms with Gasteiger partial charge in [0.2, 0.25) is 11.8 Å². The summed E-state index contributed by atoms with van der Waals surface area (Å²) in [6.45, 7) is 80.0. The molecule has 0 atom stereocenters. The van der Waals surface area contributed by atoms with Crippen LogP contribution < -0.4 is 21.3 Å². The third-order valence-corrected chi connectivity index (χ3v) is 26.8. The van der Waals surface area contributed by atoms with Crippen LogP contribution in [0.5, 0.6) is 0 Å². The standard InChI is InChI=1S/C9H18N2O2Si.C9H17NO3Si.C8H14O2SSi.C8H14O2Si.C8H16O2Si.C6H11ClOSi.2C6H13NOSi.2C6H12OSi.2C5H10OSi.12CH4/c1-7(2)8(12)4-5-10-9(13)11-6-14-3;1-7(2)8(11)4-5-13-9(12)10-6-14-3;1-3-7(9)4-5-8(10)11-6-12-2;1-6(2)8(10)4-7(9)5-11-3;1-7(2)8(9)4-5-10-6-11-3;1-5(7)6(8)3-4-9-2;1-5(2)6(8)7-4-9-3;1-4-6(8)7(2)5-9-3;2*1-5(2)6(7)4-8-3;2*1-3-5(6)4-7-2;;;;;;;;;;;;/h1,4-6,14H2,2-3H3,(H2,10,11,13);1,4-6,14H2,2-3H3,(H,10,12);3H,1,4-6,12H2,2H3;1,4-5,11H2,2-3H3;1,4-6,11H2,2-3H3;1,3-4,9H2,2H3;1,4,9H2,2-3H3,(H,7,8);4H,1,5,9H2,2-3H3;2*1,4,8H2,2-3H3;2*3H,1,4,7H2,2H3;12*1H4. The smallest absolute Gasteiger partial charge is 0.406 e. The number of carbonyl (C=O) groups is 16. The Bertz CT molecular complexity index is 3000. The number of alkyl carbamates (subject to hydrolysis) is 1. The summed E-state index contributed by atoms with van der Waals surface area (Å²) < 4.78 is 9.98. The van der Waals surface area contributed by atoms with E-state index >= 15 is 0 Å². The Kier molecular flexibility index (Phi) is 207. The van der Waals surface area contributed by atoms with Gasteiger partial charge in [-0.15, -0.1) is 0 Å². The number of Topliss-reactive ketones (excluding diaryl/α,β-unsaturated/α-hetero) is 8. The first-order chi connectivity index (χ1) is 55.7. The summed E-state index contributed by atoms with van der Waals surface area (Å²) in [5.74, 6) is 0.893. The summed E-state index contributed by atoms with van der Waals surface area (Å²) in [5.41, 5.74) is 4.15. The first-order valence-electron chi connectivity index (χ1n) is 41.1. The Morgan fingerprint density at radius 1 is 0.359 bits per heavy atom. The highest BCUT2D eigenvalue weighted by molar-refractivity contribution is 8.14. The maximum absolute atomic E-state index is 11.1. The van der Waals surface area contributed by atoms with Crippen LogP contribution in [0.4, 0.5) is 9.59 Å². The lowest BCUT2D eigenvalue weighted by Gasteiger charge is -2.12. The van der Waals surface area contributed by atoms with E-state index in [1.807, 2.05) is 0 Å². The topological polar surface area (TPSA) is 343 Å². The molecular weight excluding hydrogens is 1890 g/mol. The Hall–Kier alpha value is -6.40. The minimum absolute atomic E-state index is 0. The summed E-state index contributed by atoms with van der Waals surface area (Å²) in [6, 6.07) is 4.63. The van der Waals surface area contributed by atoms with Gasteiger partial charge in [-0.2, -0.15) is 0 Å². The number of ether oxygens (including phenoxy) is 2. The van der Waals surface area contributed by atoms with E-state index in [2.05, 4.69) is 179 Å². The molecule has 0 bridgehead atoms. The predicted octanol–water partition coefficient (Wildman–Crippen LogP) is 13.7. The molecule has 0 saturated carbocycles. The molecule has 0 spiro atoms. The third-order valence-electron chi connectivity index (χ3n) is 13.6. The molecule has 0 fully saturated rings. The minimum atomic E-state index is -0.436. The maximum atomic E-state index is 11.1. The predicted molar refractivity (Wildman–Crippen MR) is 629 cm³/mol. The second kappa shape index (κ2) is 144. The molecule has 0 aliphatic carbocycles. The lowest BCUT2D eigenvalue weighted by molar-refractivity contribution is -0.125. The van der Waals surface area contributed by atoms with Crippen molar-refractivity contribution in [1.82, 2.24) is 26.2 Å². The average Bonchev–Trinajstić information content (AvgIpc) is 1.04. The largest absolute Gasteiger partial charge is 0.449 e. The maximum Gasteiger partial charge on any atom is 0.406 e. The molecule has 0 radical (unpaired) electrons. The van der Waals surface area contributed by atoms with Gasteiger partial charge in [0.25, 0.3) is 0 Å². The molecule has 0 aliphatic heterocycles. The summed E-state index contributed by atoms with van der Waals surface area (Å²) in [4.78, 5) is 174. The zero-order valence-electron chi connectivity index (χ0n) is 77.4. The average molecular weight is 2100 g/mol. The Labute approximate surface area is 844 Å². The Morgan fingerprint density at radius 2 is 0.725 bits per heavy atom. The van der Waals surface area contributed by atoms with Crippen molar-refractivity contribution >= 4 is 230 Å². The number of thioether (sulfide) groups is 1. The van der Waals surface area contributed by atoms with Crippen molar-refractivity contribution in [2.45, 2.75) is 297 Å². The van der Waals surface area contributed by atoms with Crippen LogP contribution in [-0.2, 0) is 76.6 Å². The molecule has 23 nitrogen and oxygen atoms in total. The van der Waals surface area contributed by atoms with Crippen LogP contribution in [0.15, 0.2) is 147 Å². The van der Waals surface area contributed by atoms with E-state index in [9.17, 15) is 76.7 Å². The number of ketones is 11. The highest BCUT2D eigenvalue weighted by Gasteiger charge is 2.11. The van der Waals surface area contributed by atoms with E-state index in [1.54, 1.807) is 60.4 Å². The number of hydrogen-bond donors (Lipinski definition) is 4.